The highest BCUT2D eigenvalue weighted by molar-refractivity contribution is 5.44. The Bertz CT molecular complexity index is 450. The van der Waals surface area contributed by atoms with E-state index in [-0.39, 0.29) is 5.60 Å². The van der Waals surface area contributed by atoms with E-state index in [0.717, 1.165) is 16.9 Å². The van der Waals surface area contributed by atoms with Crippen LogP contribution in [0.3, 0.4) is 0 Å². The Hall–Kier alpha value is -1.50. The van der Waals surface area contributed by atoms with Gasteiger partial charge in [-0.2, -0.15) is 0 Å². The number of ether oxygens (including phenoxy) is 2. The Morgan fingerprint density at radius 1 is 1.28 bits per heavy atom. The minimum atomic E-state index is -0.177. The van der Waals surface area contributed by atoms with Crippen LogP contribution in [0.5, 0.6) is 5.75 Å². The largest absolute Gasteiger partial charge is 0.496 e. The van der Waals surface area contributed by atoms with Crippen LogP contribution >= 0.6 is 0 Å². The average molecular weight is 247 g/mol. The molecule has 3 nitrogen and oxygen atoms in total. The van der Waals surface area contributed by atoms with Crippen LogP contribution in [-0.2, 0) is 11.3 Å². The highest BCUT2D eigenvalue weighted by Gasteiger charge is 2.12. The number of benzene rings is 1. The van der Waals surface area contributed by atoms with E-state index in [0.29, 0.717) is 13.2 Å². The summed E-state index contributed by atoms with van der Waals surface area (Å²) >= 11 is 0. The summed E-state index contributed by atoms with van der Waals surface area (Å²) in [5, 5.41) is 0. The van der Waals surface area contributed by atoms with Crippen molar-refractivity contribution in [3.05, 3.63) is 29.3 Å². The van der Waals surface area contributed by atoms with Gasteiger partial charge < -0.3 is 15.2 Å². The van der Waals surface area contributed by atoms with Gasteiger partial charge in [-0.3, -0.25) is 0 Å². The molecule has 18 heavy (non-hydrogen) atoms. The van der Waals surface area contributed by atoms with Gasteiger partial charge in [0.15, 0.2) is 0 Å². The Balaban J connectivity index is 2.92. The maximum atomic E-state index is 5.76. The summed E-state index contributed by atoms with van der Waals surface area (Å²) < 4.78 is 11.1. The third kappa shape index (κ3) is 4.79. The molecule has 0 unspecified atom stereocenters. The maximum absolute atomic E-state index is 5.76. The zero-order valence-corrected chi connectivity index (χ0v) is 11.5. The number of hydrogen-bond acceptors (Lipinski definition) is 3. The molecular formula is C15H21NO2. The monoisotopic (exact) mass is 247 g/mol. The van der Waals surface area contributed by atoms with Gasteiger partial charge in [0.2, 0.25) is 0 Å². The molecule has 0 aliphatic carbocycles. The van der Waals surface area contributed by atoms with Crippen molar-refractivity contribution in [1.29, 1.82) is 0 Å². The summed E-state index contributed by atoms with van der Waals surface area (Å²) in [6.07, 6.45) is 0. The molecule has 0 aliphatic heterocycles. The average Bonchev–Trinajstić information content (AvgIpc) is 2.33. The van der Waals surface area contributed by atoms with Crippen LogP contribution in [0.4, 0.5) is 0 Å². The molecule has 0 amide bonds. The molecule has 0 aromatic heterocycles. The van der Waals surface area contributed by atoms with Crippen LogP contribution in [0.2, 0.25) is 0 Å². The first-order valence-electron chi connectivity index (χ1n) is 5.96. The predicted octanol–water partition coefficient (Wildman–Crippen LogP) is 2.32. The Morgan fingerprint density at radius 3 is 2.56 bits per heavy atom. The number of methoxy groups -OCH3 is 1. The summed E-state index contributed by atoms with van der Waals surface area (Å²) in [7, 11) is 1.65. The molecule has 0 saturated carbocycles. The quantitative estimate of drug-likeness (QED) is 0.834. The highest BCUT2D eigenvalue weighted by atomic mass is 16.5. The molecule has 0 radical (unpaired) electrons. The fraction of sp³-hybridized carbons (Fsp3) is 0.467. The minimum Gasteiger partial charge on any atom is -0.496 e. The zero-order valence-electron chi connectivity index (χ0n) is 11.5. The lowest BCUT2D eigenvalue weighted by atomic mass is 10.1. The molecule has 0 heterocycles. The summed E-state index contributed by atoms with van der Waals surface area (Å²) in [5.74, 6) is 6.66. The molecule has 0 fully saturated rings. The molecular weight excluding hydrogens is 226 g/mol. The van der Waals surface area contributed by atoms with E-state index in [2.05, 4.69) is 11.8 Å². The van der Waals surface area contributed by atoms with Crippen LogP contribution in [0.15, 0.2) is 18.2 Å². The van der Waals surface area contributed by atoms with Crippen molar-refractivity contribution in [2.24, 2.45) is 5.73 Å². The zero-order chi connectivity index (χ0) is 13.6. The molecule has 0 saturated heterocycles. The topological polar surface area (TPSA) is 44.5 Å². The number of rotatable bonds is 3. The standard InChI is InChI=1S/C15H21NO2/c1-15(2,3)18-11-13-10-12(6-5-9-16)7-8-14(13)17-4/h7-8,10H,9,11,16H2,1-4H3. The first-order valence-corrected chi connectivity index (χ1v) is 5.96. The second-order valence-electron chi connectivity index (χ2n) is 4.93. The molecule has 0 aliphatic rings. The summed E-state index contributed by atoms with van der Waals surface area (Å²) in [6, 6.07) is 5.80. The van der Waals surface area contributed by atoms with Gasteiger partial charge >= 0.3 is 0 Å². The van der Waals surface area contributed by atoms with Gasteiger partial charge in [-0.05, 0) is 39.0 Å². The lowest BCUT2D eigenvalue weighted by molar-refractivity contribution is -0.0156. The molecule has 0 bridgehead atoms. The van der Waals surface area contributed by atoms with E-state index in [9.17, 15) is 0 Å². The van der Waals surface area contributed by atoms with Crippen molar-refractivity contribution < 1.29 is 9.47 Å². The van der Waals surface area contributed by atoms with E-state index in [1.807, 2.05) is 39.0 Å². The minimum absolute atomic E-state index is 0.177. The third-order valence-corrected chi connectivity index (χ3v) is 2.28. The van der Waals surface area contributed by atoms with Gasteiger partial charge in [0.1, 0.15) is 5.75 Å². The molecule has 1 aromatic carbocycles. The second kappa shape index (κ2) is 6.44. The summed E-state index contributed by atoms with van der Waals surface area (Å²) in [5.41, 5.74) is 7.11. The van der Waals surface area contributed by atoms with Crippen molar-refractivity contribution in [2.45, 2.75) is 33.0 Å². The van der Waals surface area contributed by atoms with Gasteiger partial charge in [0.25, 0.3) is 0 Å². The second-order valence-corrected chi connectivity index (χ2v) is 4.93. The lowest BCUT2D eigenvalue weighted by Gasteiger charge is -2.20. The first kappa shape index (κ1) is 14.6. The SMILES string of the molecule is COc1ccc(C#CCN)cc1COC(C)(C)C. The molecule has 3 heteroatoms. The third-order valence-electron chi connectivity index (χ3n) is 2.28. The fourth-order valence-electron chi connectivity index (χ4n) is 1.42. The molecule has 1 aromatic rings. The van der Waals surface area contributed by atoms with Gasteiger partial charge in [0, 0.05) is 11.1 Å². The predicted molar refractivity (Wildman–Crippen MR) is 73.5 cm³/mol. The molecule has 2 N–H and O–H groups in total. The van der Waals surface area contributed by atoms with E-state index < -0.39 is 0 Å². The van der Waals surface area contributed by atoms with Crippen LogP contribution in [0, 0.1) is 11.8 Å². The van der Waals surface area contributed by atoms with E-state index in [4.69, 9.17) is 15.2 Å². The van der Waals surface area contributed by atoms with Gasteiger partial charge in [-0.15, -0.1) is 0 Å². The lowest BCUT2D eigenvalue weighted by Crippen LogP contribution is -2.18. The normalized spacial score (nSPS) is 10.7. The Morgan fingerprint density at radius 2 is 2.00 bits per heavy atom. The Kier molecular flexibility index (Phi) is 5.21. The van der Waals surface area contributed by atoms with Crippen molar-refractivity contribution in [1.82, 2.24) is 0 Å². The summed E-state index contributed by atoms with van der Waals surface area (Å²) in [6.45, 7) is 6.94. The Labute approximate surface area is 109 Å². The van der Waals surface area contributed by atoms with Gasteiger partial charge in [-0.1, -0.05) is 11.8 Å². The summed E-state index contributed by atoms with van der Waals surface area (Å²) in [4.78, 5) is 0. The van der Waals surface area contributed by atoms with Crippen LogP contribution < -0.4 is 10.5 Å². The maximum Gasteiger partial charge on any atom is 0.124 e. The number of nitrogens with two attached hydrogens (primary N) is 1. The van der Waals surface area contributed by atoms with Gasteiger partial charge in [-0.25, -0.2) is 0 Å². The van der Waals surface area contributed by atoms with E-state index in [1.54, 1.807) is 7.11 Å². The number of hydrogen-bond donors (Lipinski definition) is 1. The van der Waals surface area contributed by atoms with E-state index in [1.165, 1.54) is 0 Å². The molecule has 0 spiro atoms. The van der Waals surface area contributed by atoms with Crippen LogP contribution in [0.1, 0.15) is 31.9 Å². The van der Waals surface area contributed by atoms with E-state index >= 15 is 0 Å². The van der Waals surface area contributed by atoms with Crippen molar-refractivity contribution >= 4 is 0 Å². The van der Waals surface area contributed by atoms with Crippen molar-refractivity contribution in [2.75, 3.05) is 13.7 Å². The van der Waals surface area contributed by atoms with Crippen LogP contribution in [-0.4, -0.2) is 19.3 Å². The fourth-order valence-corrected chi connectivity index (χ4v) is 1.42. The van der Waals surface area contributed by atoms with Crippen molar-refractivity contribution in [3.63, 3.8) is 0 Å². The molecule has 1 rings (SSSR count). The van der Waals surface area contributed by atoms with Gasteiger partial charge in [0.05, 0.1) is 25.9 Å². The highest BCUT2D eigenvalue weighted by Crippen LogP contribution is 2.22. The first-order chi connectivity index (χ1) is 8.46. The molecule has 98 valence electrons. The van der Waals surface area contributed by atoms with Crippen molar-refractivity contribution in [3.8, 4) is 17.6 Å². The van der Waals surface area contributed by atoms with Crippen LogP contribution in [0.25, 0.3) is 0 Å². The molecule has 0 atom stereocenters. The smallest absolute Gasteiger partial charge is 0.124 e.